The molecule has 5 nitrogen and oxygen atoms in total. The van der Waals surface area contributed by atoms with Gasteiger partial charge in [-0.25, -0.2) is 0 Å². The molecule has 0 aromatic heterocycles. The topological polar surface area (TPSA) is 61.8 Å². The molecule has 2 aliphatic rings. The summed E-state index contributed by atoms with van der Waals surface area (Å²) in [5.41, 5.74) is -0.954. The van der Waals surface area contributed by atoms with Crippen molar-refractivity contribution in [3.8, 4) is 0 Å². The van der Waals surface area contributed by atoms with Crippen LogP contribution in [0, 0.1) is 5.92 Å². The maximum Gasteiger partial charge on any atom is 0.325 e. The summed E-state index contributed by atoms with van der Waals surface area (Å²) in [6.07, 6.45) is 4.14. The van der Waals surface area contributed by atoms with Gasteiger partial charge in [-0.2, -0.15) is 0 Å². The number of piperidine rings is 1. The van der Waals surface area contributed by atoms with Gasteiger partial charge in [-0.15, -0.1) is 0 Å². The number of nitrogens with zero attached hydrogens (tertiary/aromatic N) is 1. The van der Waals surface area contributed by atoms with Crippen molar-refractivity contribution in [2.45, 2.75) is 63.6 Å². The maximum atomic E-state index is 12.0. The molecule has 0 aromatic rings. The van der Waals surface area contributed by atoms with E-state index in [0.717, 1.165) is 38.8 Å². The molecular formula is C16H30N2O3. The van der Waals surface area contributed by atoms with Crippen LogP contribution in [0.15, 0.2) is 0 Å². The van der Waals surface area contributed by atoms with Crippen molar-refractivity contribution in [1.82, 2.24) is 10.2 Å². The van der Waals surface area contributed by atoms with Crippen LogP contribution in [0.1, 0.15) is 46.5 Å². The molecule has 2 atom stereocenters. The number of hydrogen-bond donors (Lipinski definition) is 2. The molecule has 122 valence electrons. The van der Waals surface area contributed by atoms with Gasteiger partial charge in [-0.1, -0.05) is 0 Å². The summed E-state index contributed by atoms with van der Waals surface area (Å²) in [6, 6.07) is 0.167. The number of rotatable bonds is 7. The average Bonchev–Trinajstić information content (AvgIpc) is 3.21. The molecule has 2 unspecified atom stereocenters. The largest absolute Gasteiger partial charge is 0.480 e. The number of nitrogens with one attached hydrogen (secondary N) is 1. The monoisotopic (exact) mass is 298 g/mol. The van der Waals surface area contributed by atoms with Gasteiger partial charge in [0.05, 0.1) is 5.60 Å². The Balaban J connectivity index is 2.13. The highest BCUT2D eigenvalue weighted by Crippen LogP contribution is 2.41. The van der Waals surface area contributed by atoms with Crippen molar-refractivity contribution >= 4 is 5.97 Å². The summed E-state index contributed by atoms with van der Waals surface area (Å²) in [5.74, 6) is -0.448. The Kier molecular flexibility index (Phi) is 4.96. The molecule has 1 aliphatic carbocycles. The molecular weight excluding hydrogens is 268 g/mol. The molecule has 0 spiro atoms. The lowest BCUT2D eigenvalue weighted by Gasteiger charge is -2.44. The number of carbonyl (C=O) groups is 1. The van der Waals surface area contributed by atoms with Crippen molar-refractivity contribution in [3.05, 3.63) is 0 Å². The molecule has 0 bridgehead atoms. The zero-order valence-corrected chi connectivity index (χ0v) is 13.8. The molecule has 2 rings (SSSR count). The van der Waals surface area contributed by atoms with Crippen LogP contribution in [-0.2, 0) is 9.53 Å². The first-order valence-electron chi connectivity index (χ1n) is 8.10. The first kappa shape index (κ1) is 16.7. The Hall–Kier alpha value is -0.650. The van der Waals surface area contributed by atoms with Gasteiger partial charge < -0.3 is 9.84 Å². The van der Waals surface area contributed by atoms with E-state index in [2.05, 4.69) is 17.1 Å². The van der Waals surface area contributed by atoms with E-state index < -0.39 is 11.5 Å². The molecule has 5 heteroatoms. The third kappa shape index (κ3) is 3.76. The molecule has 0 amide bonds. The van der Waals surface area contributed by atoms with E-state index in [1.54, 1.807) is 7.11 Å². The second kappa shape index (κ2) is 6.23. The summed E-state index contributed by atoms with van der Waals surface area (Å²) in [7, 11) is 1.75. The number of methoxy groups -OCH3 is 1. The standard InChI is InChI=1S/C16H30N2O3/c1-12(2)17-16(14(19)20,13-6-7-13)11-18-9-5-8-15(3,10-18)21-4/h12-13,17H,5-11H2,1-4H3,(H,19,20). The molecule has 2 fully saturated rings. The molecule has 1 heterocycles. The number of aliphatic carboxylic acids is 1. The van der Waals surface area contributed by atoms with Gasteiger partial charge in [0.25, 0.3) is 0 Å². The van der Waals surface area contributed by atoms with Gasteiger partial charge >= 0.3 is 5.97 Å². The number of hydrogen-bond acceptors (Lipinski definition) is 4. The van der Waals surface area contributed by atoms with Gasteiger partial charge in [0.1, 0.15) is 5.54 Å². The van der Waals surface area contributed by atoms with E-state index in [4.69, 9.17) is 4.74 Å². The van der Waals surface area contributed by atoms with Crippen LogP contribution in [0.25, 0.3) is 0 Å². The maximum absolute atomic E-state index is 12.0. The predicted molar refractivity (Wildman–Crippen MR) is 82.5 cm³/mol. The van der Waals surface area contributed by atoms with Crippen LogP contribution in [0.2, 0.25) is 0 Å². The Bertz CT molecular complexity index is 384. The summed E-state index contributed by atoms with van der Waals surface area (Å²) in [5, 5.41) is 13.2. The lowest BCUT2D eigenvalue weighted by atomic mass is 9.88. The van der Waals surface area contributed by atoms with Gasteiger partial charge in [0.15, 0.2) is 0 Å². The van der Waals surface area contributed by atoms with Crippen molar-refractivity contribution in [1.29, 1.82) is 0 Å². The first-order valence-corrected chi connectivity index (χ1v) is 8.10. The Morgan fingerprint density at radius 3 is 2.67 bits per heavy atom. The summed E-state index contributed by atoms with van der Waals surface area (Å²) < 4.78 is 5.63. The van der Waals surface area contributed by atoms with Crippen LogP contribution in [0.3, 0.4) is 0 Å². The lowest BCUT2D eigenvalue weighted by Crippen LogP contribution is -2.64. The number of ether oxygens (including phenoxy) is 1. The van der Waals surface area contributed by atoms with E-state index in [-0.39, 0.29) is 17.6 Å². The molecule has 1 saturated heterocycles. The van der Waals surface area contributed by atoms with Gasteiger partial charge in [0.2, 0.25) is 0 Å². The van der Waals surface area contributed by atoms with E-state index in [0.29, 0.717) is 6.54 Å². The minimum Gasteiger partial charge on any atom is -0.480 e. The van der Waals surface area contributed by atoms with Crippen LogP contribution in [0.5, 0.6) is 0 Å². The second-order valence-electron chi connectivity index (χ2n) is 7.32. The quantitative estimate of drug-likeness (QED) is 0.749. The van der Waals surface area contributed by atoms with Crippen LogP contribution in [-0.4, -0.2) is 59.9 Å². The Morgan fingerprint density at radius 1 is 1.52 bits per heavy atom. The fourth-order valence-corrected chi connectivity index (χ4v) is 3.65. The van der Waals surface area contributed by atoms with Crippen LogP contribution >= 0.6 is 0 Å². The lowest BCUT2D eigenvalue weighted by molar-refractivity contribution is -0.148. The molecule has 2 N–H and O–H groups in total. The summed E-state index contributed by atoms with van der Waals surface area (Å²) in [6.45, 7) is 8.51. The molecule has 1 saturated carbocycles. The highest BCUT2D eigenvalue weighted by molar-refractivity contribution is 5.80. The fraction of sp³-hybridized carbons (Fsp3) is 0.938. The van der Waals surface area contributed by atoms with Crippen molar-refractivity contribution in [2.24, 2.45) is 5.92 Å². The molecule has 0 radical (unpaired) electrons. The SMILES string of the molecule is COC1(C)CCCN(CC(NC(C)C)(C(=O)O)C2CC2)C1. The number of carboxylic acid groups (broad SMARTS) is 1. The second-order valence-corrected chi connectivity index (χ2v) is 7.32. The third-order valence-corrected chi connectivity index (χ3v) is 4.91. The highest BCUT2D eigenvalue weighted by Gasteiger charge is 2.52. The third-order valence-electron chi connectivity index (χ3n) is 4.91. The Labute approximate surface area is 128 Å². The molecule has 1 aliphatic heterocycles. The van der Waals surface area contributed by atoms with Crippen LogP contribution < -0.4 is 5.32 Å². The summed E-state index contributed by atoms with van der Waals surface area (Å²) >= 11 is 0. The number of carboxylic acids is 1. The molecule has 21 heavy (non-hydrogen) atoms. The van der Waals surface area contributed by atoms with Crippen molar-refractivity contribution in [2.75, 3.05) is 26.7 Å². The normalized spacial score (nSPS) is 30.3. The zero-order valence-electron chi connectivity index (χ0n) is 13.8. The smallest absolute Gasteiger partial charge is 0.325 e. The summed E-state index contributed by atoms with van der Waals surface area (Å²) in [4.78, 5) is 14.3. The molecule has 0 aromatic carbocycles. The van der Waals surface area contributed by atoms with Crippen LogP contribution in [0.4, 0.5) is 0 Å². The number of likely N-dealkylation sites (tertiary alicyclic amines) is 1. The van der Waals surface area contributed by atoms with Gasteiger partial charge in [0, 0.05) is 26.2 Å². The van der Waals surface area contributed by atoms with E-state index in [1.807, 2.05) is 13.8 Å². The first-order chi connectivity index (χ1) is 9.81. The highest BCUT2D eigenvalue weighted by atomic mass is 16.5. The zero-order chi connectivity index (χ0) is 15.7. The van der Waals surface area contributed by atoms with Crippen molar-refractivity contribution < 1.29 is 14.6 Å². The van der Waals surface area contributed by atoms with E-state index in [1.165, 1.54) is 0 Å². The van der Waals surface area contributed by atoms with Crippen molar-refractivity contribution in [3.63, 3.8) is 0 Å². The van der Waals surface area contributed by atoms with E-state index >= 15 is 0 Å². The predicted octanol–water partition coefficient (Wildman–Crippen LogP) is 1.72. The van der Waals surface area contributed by atoms with Gasteiger partial charge in [-0.3, -0.25) is 15.0 Å². The minimum atomic E-state index is -0.805. The van der Waals surface area contributed by atoms with Gasteiger partial charge in [-0.05, 0) is 58.9 Å². The minimum absolute atomic E-state index is 0.149. The Morgan fingerprint density at radius 2 is 2.19 bits per heavy atom. The average molecular weight is 298 g/mol. The fourth-order valence-electron chi connectivity index (χ4n) is 3.65. The van der Waals surface area contributed by atoms with E-state index in [9.17, 15) is 9.90 Å².